The van der Waals surface area contributed by atoms with Crippen molar-refractivity contribution in [1.29, 1.82) is 0 Å². The highest BCUT2D eigenvalue weighted by Gasteiger charge is 2.13. The van der Waals surface area contributed by atoms with E-state index in [9.17, 15) is 13.2 Å². The summed E-state index contributed by atoms with van der Waals surface area (Å²) < 4.78 is 22.6. The van der Waals surface area contributed by atoms with Crippen molar-refractivity contribution < 1.29 is 13.2 Å². The molecular weight excluding hydrogens is 350 g/mol. The Kier molecular flexibility index (Phi) is 6.52. The molecular formula is C19H25N3O3S. The van der Waals surface area contributed by atoms with Gasteiger partial charge in [0, 0.05) is 6.54 Å². The number of primary sulfonamides is 1. The van der Waals surface area contributed by atoms with Crippen molar-refractivity contribution in [1.82, 2.24) is 10.2 Å². The molecule has 0 fully saturated rings. The van der Waals surface area contributed by atoms with Gasteiger partial charge < -0.3 is 5.32 Å². The monoisotopic (exact) mass is 375 g/mol. The van der Waals surface area contributed by atoms with E-state index in [2.05, 4.69) is 29.6 Å². The second-order valence-corrected chi connectivity index (χ2v) is 8.12. The SMILES string of the molecule is Cc1ccc(CN(C)CC(=O)N[C@@H](C)c2ccc(S(N)(=O)=O)cc2)cc1. The van der Waals surface area contributed by atoms with E-state index in [0.29, 0.717) is 6.54 Å². The molecule has 0 unspecified atom stereocenters. The normalized spacial score (nSPS) is 12.8. The lowest BCUT2D eigenvalue weighted by molar-refractivity contribution is -0.122. The van der Waals surface area contributed by atoms with Crippen molar-refractivity contribution in [2.24, 2.45) is 5.14 Å². The maximum Gasteiger partial charge on any atom is 0.238 e. The van der Waals surface area contributed by atoms with Gasteiger partial charge in [0.1, 0.15) is 0 Å². The number of carbonyl (C=O) groups is 1. The number of likely N-dealkylation sites (N-methyl/N-ethyl adjacent to an activating group) is 1. The quantitative estimate of drug-likeness (QED) is 0.774. The highest BCUT2D eigenvalue weighted by atomic mass is 32.2. The maximum atomic E-state index is 12.2. The second-order valence-electron chi connectivity index (χ2n) is 6.56. The molecule has 6 nitrogen and oxygen atoms in total. The number of amides is 1. The fourth-order valence-corrected chi connectivity index (χ4v) is 3.14. The molecule has 0 aliphatic heterocycles. The van der Waals surface area contributed by atoms with Crippen LogP contribution in [0.3, 0.4) is 0 Å². The minimum Gasteiger partial charge on any atom is -0.348 e. The standard InChI is InChI=1S/C19H25N3O3S/c1-14-4-6-16(7-5-14)12-22(3)13-19(23)21-15(2)17-8-10-18(11-9-17)26(20,24)25/h4-11,15H,12-13H2,1-3H3,(H,21,23)(H2,20,24,25)/t15-/m0/s1. The van der Waals surface area contributed by atoms with E-state index in [1.807, 2.05) is 25.8 Å². The molecule has 0 aliphatic carbocycles. The summed E-state index contributed by atoms with van der Waals surface area (Å²) in [5, 5.41) is 8.01. The third kappa shape index (κ3) is 5.94. The van der Waals surface area contributed by atoms with Gasteiger partial charge in [0.25, 0.3) is 0 Å². The minimum atomic E-state index is -3.71. The largest absolute Gasteiger partial charge is 0.348 e. The second kappa shape index (κ2) is 8.44. The number of nitrogens with two attached hydrogens (primary N) is 1. The Hall–Kier alpha value is -2.22. The molecule has 0 saturated heterocycles. The number of sulfonamides is 1. The number of carbonyl (C=O) groups excluding carboxylic acids is 1. The summed E-state index contributed by atoms with van der Waals surface area (Å²) in [5.41, 5.74) is 3.17. The van der Waals surface area contributed by atoms with Gasteiger partial charge in [0.2, 0.25) is 15.9 Å². The van der Waals surface area contributed by atoms with Crippen LogP contribution in [0.25, 0.3) is 0 Å². The zero-order valence-electron chi connectivity index (χ0n) is 15.3. The molecule has 140 valence electrons. The Labute approximate surface area is 155 Å². The Morgan fingerprint density at radius 2 is 1.69 bits per heavy atom. The van der Waals surface area contributed by atoms with Gasteiger partial charge in [-0.15, -0.1) is 0 Å². The molecule has 2 aromatic rings. The smallest absolute Gasteiger partial charge is 0.238 e. The topological polar surface area (TPSA) is 92.5 Å². The third-order valence-electron chi connectivity index (χ3n) is 4.07. The third-order valence-corrected chi connectivity index (χ3v) is 5.00. The highest BCUT2D eigenvalue weighted by Crippen LogP contribution is 2.15. The van der Waals surface area contributed by atoms with Crippen LogP contribution in [-0.4, -0.2) is 32.8 Å². The number of hydrogen-bond acceptors (Lipinski definition) is 4. The molecule has 0 heterocycles. The molecule has 2 aromatic carbocycles. The zero-order valence-corrected chi connectivity index (χ0v) is 16.1. The molecule has 7 heteroatoms. The zero-order chi connectivity index (χ0) is 19.3. The van der Waals surface area contributed by atoms with Gasteiger partial charge in [-0.25, -0.2) is 13.6 Å². The van der Waals surface area contributed by atoms with Gasteiger partial charge in [0.05, 0.1) is 17.5 Å². The van der Waals surface area contributed by atoms with Crippen molar-refractivity contribution >= 4 is 15.9 Å². The van der Waals surface area contributed by atoms with Crippen molar-refractivity contribution in [2.45, 2.75) is 31.3 Å². The van der Waals surface area contributed by atoms with E-state index < -0.39 is 10.0 Å². The summed E-state index contributed by atoms with van der Waals surface area (Å²) in [6.45, 7) is 4.85. The van der Waals surface area contributed by atoms with Crippen LogP contribution < -0.4 is 10.5 Å². The van der Waals surface area contributed by atoms with E-state index in [0.717, 1.165) is 11.1 Å². The van der Waals surface area contributed by atoms with E-state index in [1.54, 1.807) is 12.1 Å². The summed E-state index contributed by atoms with van der Waals surface area (Å²) in [7, 11) is -1.82. The van der Waals surface area contributed by atoms with Crippen molar-refractivity contribution in [3.63, 3.8) is 0 Å². The summed E-state index contributed by atoms with van der Waals surface area (Å²) >= 11 is 0. The lowest BCUT2D eigenvalue weighted by Gasteiger charge is -2.19. The van der Waals surface area contributed by atoms with Crippen molar-refractivity contribution in [2.75, 3.05) is 13.6 Å². The van der Waals surface area contributed by atoms with Crippen LogP contribution in [0.4, 0.5) is 0 Å². The number of nitrogens with one attached hydrogen (secondary N) is 1. The number of rotatable bonds is 7. The van der Waals surface area contributed by atoms with Crippen LogP contribution in [0.2, 0.25) is 0 Å². The van der Waals surface area contributed by atoms with Gasteiger partial charge in [-0.3, -0.25) is 9.69 Å². The Morgan fingerprint density at radius 1 is 1.12 bits per heavy atom. The fraction of sp³-hybridized carbons (Fsp3) is 0.316. The van der Waals surface area contributed by atoms with Crippen LogP contribution in [0.5, 0.6) is 0 Å². The van der Waals surface area contributed by atoms with Gasteiger partial charge in [-0.2, -0.15) is 0 Å². The summed E-state index contributed by atoms with van der Waals surface area (Å²) in [5.74, 6) is -0.0948. The summed E-state index contributed by atoms with van der Waals surface area (Å²) in [4.78, 5) is 14.2. The molecule has 2 rings (SSSR count). The molecule has 1 amide bonds. The van der Waals surface area contributed by atoms with Gasteiger partial charge in [-0.05, 0) is 44.2 Å². The van der Waals surface area contributed by atoms with Crippen LogP contribution in [0.1, 0.15) is 29.7 Å². The number of hydrogen-bond donors (Lipinski definition) is 2. The molecule has 26 heavy (non-hydrogen) atoms. The number of aryl methyl sites for hydroxylation is 1. The van der Waals surface area contributed by atoms with Gasteiger partial charge in [-0.1, -0.05) is 42.0 Å². The molecule has 0 radical (unpaired) electrons. The number of benzene rings is 2. The lowest BCUT2D eigenvalue weighted by atomic mass is 10.1. The molecule has 0 spiro atoms. The lowest BCUT2D eigenvalue weighted by Crippen LogP contribution is -2.36. The van der Waals surface area contributed by atoms with Gasteiger partial charge in [0.15, 0.2) is 0 Å². The summed E-state index contributed by atoms with van der Waals surface area (Å²) in [6.07, 6.45) is 0. The van der Waals surface area contributed by atoms with E-state index in [4.69, 9.17) is 5.14 Å². The van der Waals surface area contributed by atoms with Crippen LogP contribution in [0.15, 0.2) is 53.4 Å². The maximum absolute atomic E-state index is 12.2. The molecule has 3 N–H and O–H groups in total. The highest BCUT2D eigenvalue weighted by molar-refractivity contribution is 7.89. The van der Waals surface area contributed by atoms with Crippen LogP contribution in [0, 0.1) is 6.92 Å². The first-order valence-corrected chi connectivity index (χ1v) is 9.86. The molecule has 1 atom stereocenters. The molecule has 0 aliphatic rings. The average molecular weight is 375 g/mol. The number of nitrogens with zero attached hydrogens (tertiary/aromatic N) is 1. The van der Waals surface area contributed by atoms with Crippen LogP contribution >= 0.6 is 0 Å². The first kappa shape index (κ1) is 20.1. The van der Waals surface area contributed by atoms with E-state index in [-0.39, 0.29) is 23.4 Å². The molecule has 0 saturated carbocycles. The first-order valence-electron chi connectivity index (χ1n) is 8.31. The van der Waals surface area contributed by atoms with Crippen molar-refractivity contribution in [3.8, 4) is 0 Å². The fourth-order valence-electron chi connectivity index (χ4n) is 2.62. The molecule has 0 aromatic heterocycles. The predicted octanol–water partition coefficient (Wildman–Crippen LogP) is 1.95. The van der Waals surface area contributed by atoms with Gasteiger partial charge >= 0.3 is 0 Å². The van der Waals surface area contributed by atoms with Crippen LogP contribution in [-0.2, 0) is 21.4 Å². The average Bonchev–Trinajstić information content (AvgIpc) is 2.56. The Balaban J connectivity index is 1.89. The summed E-state index contributed by atoms with van der Waals surface area (Å²) in [6, 6.07) is 14.2. The Bertz CT molecular complexity index is 847. The van der Waals surface area contributed by atoms with E-state index in [1.165, 1.54) is 17.7 Å². The Morgan fingerprint density at radius 3 is 2.23 bits per heavy atom. The van der Waals surface area contributed by atoms with Crippen molar-refractivity contribution in [3.05, 3.63) is 65.2 Å². The van der Waals surface area contributed by atoms with E-state index >= 15 is 0 Å². The predicted molar refractivity (Wildman–Crippen MR) is 102 cm³/mol. The minimum absolute atomic E-state index is 0.0533. The first-order chi connectivity index (χ1) is 12.1. The molecule has 0 bridgehead atoms.